The van der Waals surface area contributed by atoms with Crippen molar-refractivity contribution in [3.63, 3.8) is 0 Å². The summed E-state index contributed by atoms with van der Waals surface area (Å²) in [6.45, 7) is 2.15. The van der Waals surface area contributed by atoms with Crippen molar-refractivity contribution in [2.24, 2.45) is 0 Å². The van der Waals surface area contributed by atoms with Crippen LogP contribution in [0.2, 0.25) is 0 Å². The monoisotopic (exact) mass is 243 g/mol. The van der Waals surface area contributed by atoms with Crippen molar-refractivity contribution in [3.8, 4) is 11.1 Å². The van der Waals surface area contributed by atoms with Gasteiger partial charge in [-0.25, -0.2) is 9.78 Å². The molecule has 92 valence electrons. The van der Waals surface area contributed by atoms with Crippen LogP contribution in [0.1, 0.15) is 17.3 Å². The summed E-state index contributed by atoms with van der Waals surface area (Å²) in [5, 5.41) is 0. The predicted octanol–water partition coefficient (Wildman–Crippen LogP) is 1.93. The molecule has 1 aromatic heterocycles. The molecule has 0 aliphatic carbocycles. The first-order chi connectivity index (χ1) is 8.70. The summed E-state index contributed by atoms with van der Waals surface area (Å²) >= 11 is 0. The number of carbonyl (C=O) groups is 1. The first-order valence-electron chi connectivity index (χ1n) is 5.75. The average molecular weight is 243 g/mol. The molecule has 0 atom stereocenters. The normalized spacial score (nSPS) is 10.1. The van der Waals surface area contributed by atoms with Crippen LogP contribution in [0.25, 0.3) is 11.1 Å². The van der Waals surface area contributed by atoms with Gasteiger partial charge in [-0.1, -0.05) is 12.1 Å². The Balaban J connectivity index is 2.32. The molecule has 0 fully saturated rings. The predicted molar refractivity (Wildman–Crippen MR) is 68.8 cm³/mol. The first-order valence-corrected chi connectivity index (χ1v) is 5.75. The first kappa shape index (κ1) is 12.1. The molecule has 1 aromatic carbocycles. The van der Waals surface area contributed by atoms with Crippen molar-refractivity contribution in [2.45, 2.75) is 6.92 Å². The molecule has 0 aliphatic rings. The van der Waals surface area contributed by atoms with E-state index in [0.29, 0.717) is 17.9 Å². The zero-order chi connectivity index (χ0) is 13.0. The topological polar surface area (TPSA) is 66.5 Å². The molecule has 4 heteroatoms. The Hall–Kier alpha value is -2.36. The average Bonchev–Trinajstić information content (AvgIpc) is 2.40. The second kappa shape index (κ2) is 5.31. The zero-order valence-electron chi connectivity index (χ0n) is 10.1. The van der Waals surface area contributed by atoms with Gasteiger partial charge in [-0.15, -0.1) is 0 Å². The Morgan fingerprint density at radius 3 is 2.61 bits per heavy atom. The minimum atomic E-state index is -0.328. The summed E-state index contributed by atoms with van der Waals surface area (Å²) in [5.41, 5.74) is 8.77. The quantitative estimate of drug-likeness (QED) is 0.661. The van der Waals surface area contributed by atoms with Crippen molar-refractivity contribution < 1.29 is 14.5 Å². The minimum absolute atomic E-state index is 0.328. The van der Waals surface area contributed by atoms with Gasteiger partial charge in [-0.05, 0) is 30.7 Å². The third-order valence-corrected chi connectivity index (χ3v) is 2.54. The molecule has 0 bridgehead atoms. The lowest BCUT2D eigenvalue weighted by molar-refractivity contribution is -0.377. The number of H-pyrrole nitrogens is 1. The summed E-state index contributed by atoms with van der Waals surface area (Å²) in [4.78, 5) is 14.6. The number of nitrogen functional groups attached to an aromatic ring is 1. The van der Waals surface area contributed by atoms with E-state index in [1.807, 2.05) is 30.5 Å². The minimum Gasteiger partial charge on any atom is -0.462 e. The second-order valence-electron chi connectivity index (χ2n) is 3.85. The number of nitrogens with one attached hydrogen (secondary N) is 1. The van der Waals surface area contributed by atoms with E-state index >= 15 is 0 Å². The highest BCUT2D eigenvalue weighted by Crippen LogP contribution is 2.19. The molecule has 0 saturated carbocycles. The largest absolute Gasteiger partial charge is 0.462 e. The van der Waals surface area contributed by atoms with Crippen molar-refractivity contribution in [3.05, 3.63) is 48.3 Å². The Bertz CT molecular complexity index is 550. The van der Waals surface area contributed by atoms with Crippen LogP contribution < -0.4 is 10.7 Å². The van der Waals surface area contributed by atoms with E-state index in [9.17, 15) is 4.79 Å². The standard InChI is InChI=1S/C14H14N2O2/c1-2-18-14(17)12-7-11(8-16-9-12)10-3-5-13(15)6-4-10/h3-9H,2,15H2,1H3/p+1. The second-order valence-corrected chi connectivity index (χ2v) is 3.85. The molecule has 0 spiro atoms. The van der Waals surface area contributed by atoms with Gasteiger partial charge in [-0.2, -0.15) is 0 Å². The van der Waals surface area contributed by atoms with Crippen LogP contribution in [0.5, 0.6) is 0 Å². The van der Waals surface area contributed by atoms with Crippen LogP contribution in [0.15, 0.2) is 42.7 Å². The zero-order valence-corrected chi connectivity index (χ0v) is 10.1. The molecule has 0 radical (unpaired) electrons. The summed E-state index contributed by atoms with van der Waals surface area (Å²) in [7, 11) is 0. The number of benzene rings is 1. The van der Waals surface area contributed by atoms with Crippen LogP contribution in [0.3, 0.4) is 0 Å². The molecule has 18 heavy (non-hydrogen) atoms. The summed E-state index contributed by atoms with van der Waals surface area (Å²) < 4.78 is 4.96. The van der Waals surface area contributed by atoms with Crippen molar-refractivity contribution in [2.75, 3.05) is 12.3 Å². The molecular formula is C14H15N2O2+. The van der Waals surface area contributed by atoms with E-state index < -0.39 is 0 Å². The lowest BCUT2D eigenvalue weighted by Crippen LogP contribution is -2.10. The number of aromatic amines is 1. The van der Waals surface area contributed by atoms with Crippen molar-refractivity contribution >= 4 is 11.7 Å². The van der Waals surface area contributed by atoms with Gasteiger partial charge in [0.15, 0.2) is 12.4 Å². The highest BCUT2D eigenvalue weighted by Gasteiger charge is 2.11. The van der Waals surface area contributed by atoms with E-state index in [-0.39, 0.29) is 5.97 Å². The van der Waals surface area contributed by atoms with Crippen LogP contribution in [-0.4, -0.2) is 12.6 Å². The fraction of sp³-hybridized carbons (Fsp3) is 0.143. The number of carbonyl (C=O) groups excluding carboxylic acids is 1. The third-order valence-electron chi connectivity index (χ3n) is 2.54. The number of ether oxygens (including phenoxy) is 1. The van der Waals surface area contributed by atoms with Gasteiger partial charge in [0.2, 0.25) is 0 Å². The van der Waals surface area contributed by atoms with Gasteiger partial charge in [0, 0.05) is 11.3 Å². The molecular weight excluding hydrogens is 228 g/mol. The number of pyridine rings is 1. The molecule has 3 N–H and O–H groups in total. The summed E-state index contributed by atoms with van der Waals surface area (Å²) in [6.07, 6.45) is 3.45. The van der Waals surface area contributed by atoms with Gasteiger partial charge in [0.1, 0.15) is 5.56 Å². The van der Waals surface area contributed by atoms with Gasteiger partial charge in [0.25, 0.3) is 0 Å². The Morgan fingerprint density at radius 1 is 1.22 bits per heavy atom. The van der Waals surface area contributed by atoms with Gasteiger partial charge in [0.05, 0.1) is 6.61 Å². The lowest BCUT2D eigenvalue weighted by atomic mass is 10.1. The van der Waals surface area contributed by atoms with Gasteiger partial charge < -0.3 is 10.5 Å². The molecule has 4 nitrogen and oxygen atoms in total. The van der Waals surface area contributed by atoms with Crippen LogP contribution in [-0.2, 0) is 4.74 Å². The van der Waals surface area contributed by atoms with E-state index in [0.717, 1.165) is 11.1 Å². The van der Waals surface area contributed by atoms with Gasteiger partial charge >= 0.3 is 5.97 Å². The number of anilines is 1. The molecule has 2 rings (SSSR count). The Kier molecular flexibility index (Phi) is 3.57. The number of nitrogens with two attached hydrogens (primary N) is 1. The van der Waals surface area contributed by atoms with Crippen molar-refractivity contribution in [1.29, 1.82) is 0 Å². The SMILES string of the molecule is CCOC(=O)c1c[nH+]cc(-c2ccc(N)cc2)c1. The number of rotatable bonds is 3. The van der Waals surface area contributed by atoms with Crippen LogP contribution >= 0.6 is 0 Å². The molecule has 0 saturated heterocycles. The van der Waals surface area contributed by atoms with Gasteiger partial charge in [-0.3, -0.25) is 0 Å². The number of esters is 1. The maximum absolute atomic E-state index is 11.6. The molecule has 2 aromatic rings. The highest BCUT2D eigenvalue weighted by atomic mass is 16.5. The third kappa shape index (κ3) is 2.66. The van der Waals surface area contributed by atoms with E-state index in [2.05, 4.69) is 4.98 Å². The maximum atomic E-state index is 11.6. The molecule has 0 aliphatic heterocycles. The number of hydrogen-bond donors (Lipinski definition) is 1. The van der Waals surface area contributed by atoms with Crippen LogP contribution in [0, 0.1) is 0 Å². The Morgan fingerprint density at radius 2 is 1.94 bits per heavy atom. The maximum Gasteiger partial charge on any atom is 0.344 e. The lowest BCUT2D eigenvalue weighted by Gasteiger charge is -2.02. The molecule has 0 unspecified atom stereocenters. The van der Waals surface area contributed by atoms with E-state index in [1.54, 1.807) is 19.2 Å². The summed E-state index contributed by atoms with van der Waals surface area (Å²) in [6, 6.07) is 9.26. The highest BCUT2D eigenvalue weighted by molar-refractivity contribution is 5.90. The van der Waals surface area contributed by atoms with E-state index in [1.165, 1.54) is 0 Å². The Labute approximate surface area is 105 Å². The van der Waals surface area contributed by atoms with Crippen molar-refractivity contribution in [1.82, 2.24) is 0 Å². The number of aromatic nitrogens is 1. The smallest absolute Gasteiger partial charge is 0.344 e. The fourth-order valence-corrected chi connectivity index (χ4v) is 1.65. The van der Waals surface area contributed by atoms with Crippen LogP contribution in [0.4, 0.5) is 5.69 Å². The molecule has 1 heterocycles. The summed E-state index contributed by atoms with van der Waals surface area (Å²) in [5.74, 6) is -0.328. The number of hydrogen-bond acceptors (Lipinski definition) is 3. The fourth-order valence-electron chi connectivity index (χ4n) is 1.65. The molecule has 0 amide bonds. The van der Waals surface area contributed by atoms with E-state index in [4.69, 9.17) is 10.5 Å².